The Morgan fingerprint density at radius 2 is 2.04 bits per heavy atom. The molecule has 3 N–H and O–H groups in total. The van der Waals surface area contributed by atoms with Crippen molar-refractivity contribution >= 4 is 34.6 Å². The van der Waals surface area contributed by atoms with E-state index in [4.69, 9.17) is 22.4 Å². The van der Waals surface area contributed by atoms with Crippen molar-refractivity contribution in [3.05, 3.63) is 58.6 Å². The minimum Gasteiger partial charge on any atom is -0.481 e. The van der Waals surface area contributed by atoms with E-state index in [-0.39, 0.29) is 6.42 Å². The molecule has 0 amide bonds. The van der Waals surface area contributed by atoms with Crippen LogP contribution in [0.4, 0.5) is 5.95 Å². The SMILES string of the molecule is Nc1nc2cc(CCC(=O)O)ccc2n1Cc1cccc(Cl)c1. The fourth-order valence-electron chi connectivity index (χ4n) is 2.58. The Balaban J connectivity index is 1.92. The fraction of sp³-hybridized carbons (Fsp3) is 0.176. The number of hydrogen-bond acceptors (Lipinski definition) is 3. The molecule has 0 aliphatic carbocycles. The van der Waals surface area contributed by atoms with E-state index >= 15 is 0 Å². The van der Waals surface area contributed by atoms with Crippen molar-refractivity contribution in [2.45, 2.75) is 19.4 Å². The average Bonchev–Trinajstić information content (AvgIpc) is 2.80. The normalized spacial score (nSPS) is 11.0. The van der Waals surface area contributed by atoms with Crippen LogP contribution in [0.15, 0.2) is 42.5 Å². The molecule has 0 spiro atoms. The lowest BCUT2D eigenvalue weighted by Crippen LogP contribution is -2.04. The Morgan fingerprint density at radius 1 is 1.22 bits per heavy atom. The molecule has 1 aromatic heterocycles. The van der Waals surface area contributed by atoms with Crippen LogP contribution in [0.3, 0.4) is 0 Å². The standard InChI is InChI=1S/C17H16ClN3O2/c18-13-3-1-2-12(8-13)10-21-15-6-4-11(5-7-16(22)23)9-14(15)20-17(21)19/h1-4,6,8-9H,5,7,10H2,(H2,19,20)(H,22,23). The second-order valence-electron chi connectivity index (χ2n) is 5.40. The second-order valence-corrected chi connectivity index (χ2v) is 5.84. The van der Waals surface area contributed by atoms with E-state index in [9.17, 15) is 4.79 Å². The van der Waals surface area contributed by atoms with Crippen molar-refractivity contribution in [1.82, 2.24) is 9.55 Å². The van der Waals surface area contributed by atoms with Crippen LogP contribution in [0, 0.1) is 0 Å². The van der Waals surface area contributed by atoms with Gasteiger partial charge in [0.25, 0.3) is 0 Å². The molecule has 3 aromatic rings. The Morgan fingerprint density at radius 3 is 2.78 bits per heavy atom. The van der Waals surface area contributed by atoms with Gasteiger partial charge < -0.3 is 15.4 Å². The zero-order valence-corrected chi connectivity index (χ0v) is 13.1. The number of aromatic nitrogens is 2. The summed E-state index contributed by atoms with van der Waals surface area (Å²) in [7, 11) is 0. The number of aliphatic carboxylic acids is 1. The number of nitrogen functional groups attached to an aromatic ring is 1. The first-order valence-corrected chi connectivity index (χ1v) is 7.61. The first-order valence-electron chi connectivity index (χ1n) is 7.24. The number of carboxylic acid groups (broad SMARTS) is 1. The van der Waals surface area contributed by atoms with Crippen LogP contribution in [0.1, 0.15) is 17.5 Å². The average molecular weight is 330 g/mol. The molecule has 2 aromatic carbocycles. The van der Waals surface area contributed by atoms with Gasteiger partial charge in [-0.1, -0.05) is 29.8 Å². The predicted octanol–water partition coefficient (Wildman–Crippen LogP) is 3.34. The van der Waals surface area contributed by atoms with Gasteiger partial charge in [-0.3, -0.25) is 4.79 Å². The summed E-state index contributed by atoms with van der Waals surface area (Å²) in [5, 5.41) is 9.45. The molecule has 3 rings (SSSR count). The molecule has 5 nitrogen and oxygen atoms in total. The number of nitrogens with zero attached hydrogens (tertiary/aromatic N) is 2. The number of carbonyl (C=O) groups is 1. The zero-order valence-electron chi connectivity index (χ0n) is 12.4. The summed E-state index contributed by atoms with van der Waals surface area (Å²) in [5.41, 5.74) is 9.70. The Labute approximate surface area is 138 Å². The minimum absolute atomic E-state index is 0.101. The highest BCUT2D eigenvalue weighted by molar-refractivity contribution is 6.30. The van der Waals surface area contributed by atoms with Crippen LogP contribution in [0.2, 0.25) is 5.02 Å². The number of benzene rings is 2. The van der Waals surface area contributed by atoms with Gasteiger partial charge in [-0.2, -0.15) is 0 Å². The highest BCUT2D eigenvalue weighted by atomic mass is 35.5. The predicted molar refractivity (Wildman–Crippen MR) is 90.7 cm³/mol. The van der Waals surface area contributed by atoms with E-state index in [2.05, 4.69) is 4.98 Å². The van der Waals surface area contributed by atoms with Crippen molar-refractivity contribution in [3.63, 3.8) is 0 Å². The molecule has 0 atom stereocenters. The van der Waals surface area contributed by atoms with Crippen molar-refractivity contribution in [3.8, 4) is 0 Å². The van der Waals surface area contributed by atoms with E-state index in [1.165, 1.54) is 0 Å². The minimum atomic E-state index is -0.809. The van der Waals surface area contributed by atoms with E-state index in [1.807, 2.05) is 47.0 Å². The molecule has 6 heteroatoms. The van der Waals surface area contributed by atoms with Gasteiger partial charge in [0, 0.05) is 11.4 Å². The number of imidazole rings is 1. The number of fused-ring (bicyclic) bond motifs is 1. The van der Waals surface area contributed by atoms with Gasteiger partial charge in [0.05, 0.1) is 17.6 Å². The van der Waals surface area contributed by atoms with Gasteiger partial charge in [0.1, 0.15) is 0 Å². The molecule has 0 aliphatic heterocycles. The molecule has 0 saturated carbocycles. The molecule has 0 radical (unpaired) electrons. The summed E-state index contributed by atoms with van der Waals surface area (Å²) in [4.78, 5) is 15.1. The highest BCUT2D eigenvalue weighted by Gasteiger charge is 2.10. The van der Waals surface area contributed by atoms with E-state index in [0.717, 1.165) is 22.2 Å². The Bertz CT molecular complexity index is 873. The molecule has 118 valence electrons. The lowest BCUT2D eigenvalue weighted by atomic mass is 10.1. The van der Waals surface area contributed by atoms with Crippen LogP contribution < -0.4 is 5.73 Å². The summed E-state index contributed by atoms with van der Waals surface area (Å²) in [5.74, 6) is -0.383. The lowest BCUT2D eigenvalue weighted by Gasteiger charge is -2.07. The van der Waals surface area contributed by atoms with Crippen molar-refractivity contribution in [1.29, 1.82) is 0 Å². The van der Waals surface area contributed by atoms with Crippen LogP contribution in [-0.4, -0.2) is 20.6 Å². The quantitative estimate of drug-likeness (QED) is 0.752. The van der Waals surface area contributed by atoms with Crippen LogP contribution >= 0.6 is 11.6 Å². The fourth-order valence-corrected chi connectivity index (χ4v) is 2.80. The molecule has 0 saturated heterocycles. The summed E-state index contributed by atoms with van der Waals surface area (Å²) >= 11 is 6.02. The summed E-state index contributed by atoms with van der Waals surface area (Å²) in [6.07, 6.45) is 0.580. The monoisotopic (exact) mass is 329 g/mol. The molecule has 1 heterocycles. The molecular weight excluding hydrogens is 314 g/mol. The molecule has 0 aliphatic rings. The van der Waals surface area contributed by atoms with Gasteiger partial charge in [-0.15, -0.1) is 0 Å². The number of anilines is 1. The van der Waals surface area contributed by atoms with Gasteiger partial charge >= 0.3 is 5.97 Å². The molecule has 0 fully saturated rings. The summed E-state index contributed by atoms with van der Waals surface area (Å²) in [6, 6.07) is 13.4. The first-order chi connectivity index (χ1) is 11.0. The van der Waals surface area contributed by atoms with Gasteiger partial charge in [0.15, 0.2) is 0 Å². The van der Waals surface area contributed by atoms with E-state index in [0.29, 0.717) is 23.9 Å². The van der Waals surface area contributed by atoms with Crippen LogP contribution in [0.25, 0.3) is 11.0 Å². The maximum absolute atomic E-state index is 10.7. The number of nitrogens with two attached hydrogens (primary N) is 1. The third kappa shape index (κ3) is 3.46. The molecule has 23 heavy (non-hydrogen) atoms. The molecule has 0 unspecified atom stereocenters. The van der Waals surface area contributed by atoms with Crippen molar-refractivity contribution in [2.75, 3.05) is 5.73 Å². The van der Waals surface area contributed by atoms with E-state index in [1.54, 1.807) is 0 Å². The maximum atomic E-state index is 10.7. The Hall–Kier alpha value is -2.53. The molecule has 0 bridgehead atoms. The largest absolute Gasteiger partial charge is 0.481 e. The number of aryl methyl sites for hydroxylation is 1. The summed E-state index contributed by atoms with van der Waals surface area (Å²) in [6.45, 7) is 0.581. The second kappa shape index (κ2) is 6.30. The highest BCUT2D eigenvalue weighted by Crippen LogP contribution is 2.22. The van der Waals surface area contributed by atoms with Gasteiger partial charge in [-0.05, 0) is 41.8 Å². The number of halogens is 1. The van der Waals surface area contributed by atoms with Crippen molar-refractivity contribution < 1.29 is 9.90 Å². The Kier molecular flexibility index (Phi) is 4.21. The number of carboxylic acids is 1. The summed E-state index contributed by atoms with van der Waals surface area (Å²) < 4.78 is 1.92. The van der Waals surface area contributed by atoms with Crippen LogP contribution in [0.5, 0.6) is 0 Å². The zero-order chi connectivity index (χ0) is 16.4. The smallest absolute Gasteiger partial charge is 0.303 e. The molecular formula is C17H16ClN3O2. The van der Waals surface area contributed by atoms with Crippen LogP contribution in [-0.2, 0) is 17.8 Å². The van der Waals surface area contributed by atoms with Crippen molar-refractivity contribution in [2.24, 2.45) is 0 Å². The first kappa shape index (κ1) is 15.4. The lowest BCUT2D eigenvalue weighted by molar-refractivity contribution is -0.136. The number of hydrogen-bond donors (Lipinski definition) is 2. The van der Waals surface area contributed by atoms with Gasteiger partial charge in [0.2, 0.25) is 5.95 Å². The topological polar surface area (TPSA) is 81.1 Å². The third-order valence-corrected chi connectivity index (χ3v) is 3.93. The maximum Gasteiger partial charge on any atom is 0.303 e. The van der Waals surface area contributed by atoms with E-state index < -0.39 is 5.97 Å². The van der Waals surface area contributed by atoms with Gasteiger partial charge in [-0.25, -0.2) is 4.98 Å². The number of rotatable bonds is 5. The third-order valence-electron chi connectivity index (χ3n) is 3.70.